The second-order valence-electron chi connectivity index (χ2n) is 5.66. The Morgan fingerprint density at radius 1 is 1.28 bits per heavy atom. The maximum atomic E-state index is 10.8. The number of hydrogen-bond donors (Lipinski definition) is 1. The van der Waals surface area contributed by atoms with E-state index in [4.69, 9.17) is 9.84 Å². The second-order valence-corrected chi connectivity index (χ2v) is 5.66. The van der Waals surface area contributed by atoms with E-state index < -0.39 is 5.97 Å². The summed E-state index contributed by atoms with van der Waals surface area (Å²) in [6.07, 6.45) is 8.34. The molecule has 4 nitrogen and oxygen atoms in total. The maximum Gasteiger partial charge on any atom is 0.305 e. The van der Waals surface area contributed by atoms with Gasteiger partial charge in [0.2, 0.25) is 0 Å². The van der Waals surface area contributed by atoms with Gasteiger partial charge in [-0.15, -0.1) is 0 Å². The molecular formula is C14H25NO3. The molecular weight excluding hydrogens is 230 g/mol. The Hall–Kier alpha value is -0.610. The molecule has 2 rings (SSSR count). The van der Waals surface area contributed by atoms with Crippen LogP contribution in [0.4, 0.5) is 0 Å². The van der Waals surface area contributed by atoms with Gasteiger partial charge in [-0.2, -0.15) is 0 Å². The third-order valence-corrected chi connectivity index (χ3v) is 4.31. The molecule has 1 unspecified atom stereocenters. The fraction of sp³-hybridized carbons (Fsp3) is 0.929. The first-order valence-electron chi connectivity index (χ1n) is 7.29. The van der Waals surface area contributed by atoms with Crippen molar-refractivity contribution in [2.45, 2.75) is 51.0 Å². The number of ether oxygens (including phenoxy) is 1. The zero-order chi connectivity index (χ0) is 12.8. The summed E-state index contributed by atoms with van der Waals surface area (Å²) in [7, 11) is 0. The minimum Gasteiger partial charge on any atom is -0.481 e. The van der Waals surface area contributed by atoms with Crippen molar-refractivity contribution in [2.75, 3.05) is 26.3 Å². The largest absolute Gasteiger partial charge is 0.481 e. The number of carboxylic acids is 1. The van der Waals surface area contributed by atoms with E-state index in [1.165, 1.54) is 38.5 Å². The van der Waals surface area contributed by atoms with Crippen LogP contribution in [0.2, 0.25) is 0 Å². The molecule has 0 radical (unpaired) electrons. The van der Waals surface area contributed by atoms with Gasteiger partial charge in [0.15, 0.2) is 0 Å². The molecule has 2 aliphatic rings. The van der Waals surface area contributed by atoms with Crippen molar-refractivity contribution in [1.29, 1.82) is 0 Å². The van der Waals surface area contributed by atoms with Crippen LogP contribution in [0.3, 0.4) is 0 Å². The molecule has 1 saturated heterocycles. The monoisotopic (exact) mass is 255 g/mol. The van der Waals surface area contributed by atoms with Crippen molar-refractivity contribution in [2.24, 2.45) is 5.92 Å². The topological polar surface area (TPSA) is 49.8 Å². The van der Waals surface area contributed by atoms with Gasteiger partial charge in [-0.3, -0.25) is 9.69 Å². The molecule has 104 valence electrons. The molecule has 0 amide bonds. The summed E-state index contributed by atoms with van der Waals surface area (Å²) < 4.78 is 5.40. The highest BCUT2D eigenvalue weighted by atomic mass is 16.5. The molecule has 1 heterocycles. The SMILES string of the molecule is O=C(O)CC1COCCN1CCC1CCCCC1. The summed E-state index contributed by atoms with van der Waals surface area (Å²) in [6.45, 7) is 3.27. The van der Waals surface area contributed by atoms with E-state index in [1.807, 2.05) is 0 Å². The third-order valence-electron chi connectivity index (χ3n) is 4.31. The van der Waals surface area contributed by atoms with Gasteiger partial charge in [-0.05, 0) is 18.9 Å². The first kappa shape index (κ1) is 13.8. The minimum atomic E-state index is -0.715. The molecule has 1 atom stereocenters. The number of morpholine rings is 1. The number of hydrogen-bond acceptors (Lipinski definition) is 3. The highest BCUT2D eigenvalue weighted by molar-refractivity contribution is 5.67. The van der Waals surface area contributed by atoms with Crippen LogP contribution in [-0.4, -0.2) is 48.3 Å². The van der Waals surface area contributed by atoms with Gasteiger partial charge in [-0.25, -0.2) is 0 Å². The Bertz CT molecular complexity index is 264. The van der Waals surface area contributed by atoms with E-state index in [0.29, 0.717) is 6.61 Å². The van der Waals surface area contributed by atoms with E-state index in [0.717, 1.165) is 25.6 Å². The smallest absolute Gasteiger partial charge is 0.305 e. The van der Waals surface area contributed by atoms with Crippen molar-refractivity contribution in [3.05, 3.63) is 0 Å². The molecule has 1 N–H and O–H groups in total. The number of carboxylic acid groups (broad SMARTS) is 1. The quantitative estimate of drug-likeness (QED) is 0.817. The average molecular weight is 255 g/mol. The van der Waals surface area contributed by atoms with Crippen molar-refractivity contribution in [3.63, 3.8) is 0 Å². The first-order chi connectivity index (χ1) is 8.75. The molecule has 0 aromatic heterocycles. The van der Waals surface area contributed by atoms with E-state index in [9.17, 15) is 4.79 Å². The van der Waals surface area contributed by atoms with Gasteiger partial charge in [0.05, 0.1) is 19.6 Å². The van der Waals surface area contributed by atoms with E-state index in [-0.39, 0.29) is 12.5 Å². The van der Waals surface area contributed by atoms with Crippen LogP contribution in [0.15, 0.2) is 0 Å². The molecule has 0 bridgehead atoms. The van der Waals surface area contributed by atoms with E-state index in [1.54, 1.807) is 0 Å². The fourth-order valence-electron chi connectivity index (χ4n) is 3.20. The van der Waals surface area contributed by atoms with Crippen LogP contribution in [0.5, 0.6) is 0 Å². The summed E-state index contributed by atoms with van der Waals surface area (Å²) >= 11 is 0. The van der Waals surface area contributed by atoms with Crippen LogP contribution < -0.4 is 0 Å². The molecule has 1 aliphatic carbocycles. The highest BCUT2D eigenvalue weighted by Gasteiger charge is 2.25. The Morgan fingerprint density at radius 2 is 2.06 bits per heavy atom. The lowest BCUT2D eigenvalue weighted by atomic mass is 9.87. The number of carbonyl (C=O) groups is 1. The molecule has 1 aliphatic heterocycles. The van der Waals surface area contributed by atoms with Crippen LogP contribution in [0.1, 0.15) is 44.9 Å². The molecule has 1 saturated carbocycles. The Balaban J connectivity index is 1.75. The molecule has 2 fully saturated rings. The van der Waals surface area contributed by atoms with Gasteiger partial charge in [0.25, 0.3) is 0 Å². The van der Waals surface area contributed by atoms with Crippen LogP contribution in [0.25, 0.3) is 0 Å². The molecule has 0 aromatic rings. The highest BCUT2D eigenvalue weighted by Crippen LogP contribution is 2.27. The van der Waals surface area contributed by atoms with Gasteiger partial charge in [0.1, 0.15) is 0 Å². The van der Waals surface area contributed by atoms with Crippen LogP contribution in [0, 0.1) is 5.92 Å². The number of rotatable bonds is 5. The van der Waals surface area contributed by atoms with Crippen LogP contribution in [-0.2, 0) is 9.53 Å². The zero-order valence-electron chi connectivity index (χ0n) is 11.1. The van der Waals surface area contributed by atoms with Crippen molar-refractivity contribution >= 4 is 5.97 Å². The summed E-state index contributed by atoms with van der Waals surface area (Å²) in [4.78, 5) is 13.2. The third kappa shape index (κ3) is 4.25. The Kier molecular flexibility index (Phi) is 5.45. The summed E-state index contributed by atoms with van der Waals surface area (Å²) in [5, 5.41) is 8.92. The van der Waals surface area contributed by atoms with Gasteiger partial charge in [-0.1, -0.05) is 32.1 Å². The molecule has 0 spiro atoms. The average Bonchev–Trinajstić information content (AvgIpc) is 2.38. The molecule has 18 heavy (non-hydrogen) atoms. The summed E-state index contributed by atoms with van der Waals surface area (Å²) in [5.74, 6) is 0.153. The van der Waals surface area contributed by atoms with Crippen LogP contribution >= 0.6 is 0 Å². The Morgan fingerprint density at radius 3 is 2.78 bits per heavy atom. The van der Waals surface area contributed by atoms with E-state index >= 15 is 0 Å². The van der Waals surface area contributed by atoms with Gasteiger partial charge in [0, 0.05) is 12.6 Å². The second kappa shape index (κ2) is 7.10. The fourth-order valence-corrected chi connectivity index (χ4v) is 3.20. The minimum absolute atomic E-state index is 0.0832. The predicted molar refractivity (Wildman–Crippen MR) is 69.6 cm³/mol. The van der Waals surface area contributed by atoms with Crippen molar-refractivity contribution in [3.8, 4) is 0 Å². The van der Waals surface area contributed by atoms with Crippen molar-refractivity contribution < 1.29 is 14.6 Å². The summed E-state index contributed by atoms with van der Waals surface area (Å²) in [5.41, 5.74) is 0. The van der Waals surface area contributed by atoms with Gasteiger partial charge < -0.3 is 9.84 Å². The zero-order valence-corrected chi connectivity index (χ0v) is 11.1. The van der Waals surface area contributed by atoms with Gasteiger partial charge >= 0.3 is 5.97 Å². The first-order valence-corrected chi connectivity index (χ1v) is 7.29. The normalized spacial score (nSPS) is 27.2. The lowest BCUT2D eigenvalue weighted by Gasteiger charge is -2.36. The lowest BCUT2D eigenvalue weighted by Crippen LogP contribution is -2.47. The number of nitrogens with zero attached hydrogens (tertiary/aromatic N) is 1. The van der Waals surface area contributed by atoms with E-state index in [2.05, 4.69) is 4.90 Å². The summed E-state index contributed by atoms with van der Waals surface area (Å²) in [6, 6.07) is 0.0832. The van der Waals surface area contributed by atoms with Crippen molar-refractivity contribution in [1.82, 2.24) is 4.90 Å². The molecule has 4 heteroatoms. The lowest BCUT2D eigenvalue weighted by molar-refractivity contribution is -0.140. The maximum absolute atomic E-state index is 10.8. The Labute approximate surface area is 109 Å². The standard InChI is InChI=1S/C14H25NO3/c16-14(17)10-13-11-18-9-8-15(13)7-6-12-4-2-1-3-5-12/h12-13H,1-11H2,(H,16,17). The molecule has 0 aromatic carbocycles. The number of aliphatic carboxylic acids is 1. The predicted octanol–water partition coefficient (Wildman–Crippen LogP) is 2.13.